The number of carbonyl (C=O) groups excluding carboxylic acids is 1. The van der Waals surface area contributed by atoms with E-state index in [1.807, 2.05) is 40.8 Å². The van der Waals surface area contributed by atoms with Crippen molar-refractivity contribution in [2.75, 3.05) is 6.54 Å². The summed E-state index contributed by atoms with van der Waals surface area (Å²) in [6.45, 7) is 5.71. The molecule has 6 heteroatoms. The zero-order valence-electron chi connectivity index (χ0n) is 16.6. The van der Waals surface area contributed by atoms with Crippen LogP contribution in [0.5, 0.6) is 0 Å². The predicted octanol–water partition coefficient (Wildman–Crippen LogP) is 6.06. The molecule has 1 aliphatic heterocycles. The third-order valence-corrected chi connectivity index (χ3v) is 6.61. The molecule has 0 radical (unpaired) electrons. The first kappa shape index (κ1) is 20.0. The normalized spacial score (nSPS) is 16.6. The first-order valence-electron chi connectivity index (χ1n) is 9.99. The van der Waals surface area contributed by atoms with Gasteiger partial charge < -0.3 is 4.90 Å². The summed E-state index contributed by atoms with van der Waals surface area (Å²) < 4.78 is 1.97. The number of hydrogen-bond donors (Lipinski definition) is 0. The SMILES string of the molecule is CCN1C(=O)CCC1c1ccc(-c2nn(CC)cc2Sc2ccc(Cl)cc2)cc1. The van der Waals surface area contributed by atoms with Crippen molar-refractivity contribution in [3.63, 3.8) is 0 Å². The van der Waals surface area contributed by atoms with Gasteiger partial charge in [-0.25, -0.2) is 0 Å². The number of aromatic nitrogens is 2. The Morgan fingerprint density at radius 3 is 2.45 bits per heavy atom. The molecule has 1 amide bonds. The largest absolute Gasteiger partial charge is 0.336 e. The second-order valence-electron chi connectivity index (χ2n) is 7.11. The molecule has 0 N–H and O–H groups in total. The fraction of sp³-hybridized carbons (Fsp3) is 0.304. The van der Waals surface area contributed by atoms with Gasteiger partial charge in [0.15, 0.2) is 0 Å². The van der Waals surface area contributed by atoms with E-state index in [9.17, 15) is 4.79 Å². The van der Waals surface area contributed by atoms with Crippen molar-refractivity contribution < 1.29 is 4.79 Å². The molecule has 1 atom stereocenters. The standard InChI is InChI=1S/C23H24ClN3OS/c1-3-26-15-21(29-19-11-9-18(24)10-12-19)23(25-26)17-7-5-16(6-8-17)20-13-14-22(28)27(20)4-2/h5-12,15,20H,3-4,13-14H2,1-2H3. The summed E-state index contributed by atoms with van der Waals surface area (Å²) in [6, 6.07) is 16.6. The van der Waals surface area contributed by atoms with Crippen LogP contribution >= 0.6 is 23.4 Å². The molecule has 4 nitrogen and oxygen atoms in total. The van der Waals surface area contributed by atoms with Crippen molar-refractivity contribution in [2.45, 2.75) is 49.1 Å². The van der Waals surface area contributed by atoms with Gasteiger partial charge >= 0.3 is 0 Å². The molecule has 29 heavy (non-hydrogen) atoms. The van der Waals surface area contributed by atoms with Gasteiger partial charge in [0.25, 0.3) is 0 Å². The van der Waals surface area contributed by atoms with Crippen molar-refractivity contribution >= 4 is 29.3 Å². The van der Waals surface area contributed by atoms with Crippen LogP contribution in [0.15, 0.2) is 64.5 Å². The number of halogens is 1. The molecular formula is C23H24ClN3OS. The first-order chi connectivity index (χ1) is 14.1. The summed E-state index contributed by atoms with van der Waals surface area (Å²) >= 11 is 7.71. The summed E-state index contributed by atoms with van der Waals surface area (Å²) in [6.07, 6.45) is 3.63. The van der Waals surface area contributed by atoms with Gasteiger partial charge in [0.1, 0.15) is 5.69 Å². The minimum atomic E-state index is 0.192. The molecule has 2 aromatic carbocycles. The van der Waals surface area contributed by atoms with Crippen molar-refractivity contribution in [1.29, 1.82) is 0 Å². The Kier molecular flexibility index (Phi) is 5.97. The van der Waals surface area contributed by atoms with E-state index in [2.05, 4.69) is 37.4 Å². The quantitative estimate of drug-likeness (QED) is 0.481. The van der Waals surface area contributed by atoms with Gasteiger partial charge in [-0.05, 0) is 50.1 Å². The highest BCUT2D eigenvalue weighted by molar-refractivity contribution is 7.99. The van der Waals surface area contributed by atoms with E-state index in [0.29, 0.717) is 6.42 Å². The molecule has 0 spiro atoms. The number of likely N-dealkylation sites (tertiary alicyclic amines) is 1. The molecule has 0 aliphatic carbocycles. The summed E-state index contributed by atoms with van der Waals surface area (Å²) in [5, 5.41) is 5.53. The summed E-state index contributed by atoms with van der Waals surface area (Å²) in [5.74, 6) is 0.255. The monoisotopic (exact) mass is 425 g/mol. The van der Waals surface area contributed by atoms with Gasteiger partial charge in [-0.2, -0.15) is 5.10 Å². The van der Waals surface area contributed by atoms with E-state index >= 15 is 0 Å². The van der Waals surface area contributed by atoms with Crippen LogP contribution in [0.25, 0.3) is 11.3 Å². The third-order valence-electron chi connectivity index (χ3n) is 5.33. The number of benzene rings is 2. The lowest BCUT2D eigenvalue weighted by Gasteiger charge is -2.23. The lowest BCUT2D eigenvalue weighted by molar-refractivity contribution is -0.128. The maximum atomic E-state index is 12.1. The van der Waals surface area contributed by atoms with E-state index in [1.165, 1.54) is 5.56 Å². The molecule has 1 aromatic heterocycles. The lowest BCUT2D eigenvalue weighted by atomic mass is 10.0. The molecule has 0 bridgehead atoms. The van der Waals surface area contributed by atoms with E-state index in [-0.39, 0.29) is 11.9 Å². The van der Waals surface area contributed by atoms with Gasteiger partial charge in [0, 0.05) is 41.2 Å². The minimum absolute atomic E-state index is 0.192. The lowest BCUT2D eigenvalue weighted by Crippen LogP contribution is -2.27. The Morgan fingerprint density at radius 2 is 1.79 bits per heavy atom. The molecule has 0 saturated carbocycles. The maximum absolute atomic E-state index is 12.1. The molecule has 4 rings (SSSR count). The fourth-order valence-electron chi connectivity index (χ4n) is 3.81. The van der Waals surface area contributed by atoms with E-state index in [4.69, 9.17) is 16.7 Å². The van der Waals surface area contributed by atoms with Crippen molar-refractivity contribution in [2.24, 2.45) is 0 Å². The molecule has 1 fully saturated rings. The number of nitrogens with zero attached hydrogens (tertiary/aromatic N) is 3. The van der Waals surface area contributed by atoms with E-state index < -0.39 is 0 Å². The summed E-state index contributed by atoms with van der Waals surface area (Å²) in [4.78, 5) is 16.3. The molecule has 3 aromatic rings. The number of rotatable bonds is 6. The fourth-order valence-corrected chi connectivity index (χ4v) is 4.89. The summed E-state index contributed by atoms with van der Waals surface area (Å²) in [7, 11) is 0. The van der Waals surface area contributed by atoms with E-state index in [0.717, 1.165) is 45.6 Å². The van der Waals surface area contributed by atoms with E-state index in [1.54, 1.807) is 11.8 Å². The first-order valence-corrected chi connectivity index (χ1v) is 11.2. The second kappa shape index (κ2) is 8.64. The van der Waals surface area contributed by atoms with Gasteiger partial charge in [0.2, 0.25) is 5.91 Å². The number of hydrogen-bond acceptors (Lipinski definition) is 3. The Bertz CT molecular complexity index is 998. The number of aryl methyl sites for hydroxylation is 1. The van der Waals surface area contributed by atoms with Crippen LogP contribution in [0.4, 0.5) is 0 Å². The molecule has 1 aliphatic rings. The highest BCUT2D eigenvalue weighted by atomic mass is 35.5. The molecule has 2 heterocycles. The van der Waals surface area contributed by atoms with Gasteiger partial charge in [-0.15, -0.1) is 0 Å². The Labute approximate surface area is 180 Å². The van der Waals surface area contributed by atoms with Gasteiger partial charge in [-0.3, -0.25) is 9.48 Å². The second-order valence-corrected chi connectivity index (χ2v) is 8.66. The zero-order chi connectivity index (χ0) is 20.4. The van der Waals surface area contributed by atoms with Gasteiger partial charge in [-0.1, -0.05) is 47.6 Å². The molecular weight excluding hydrogens is 402 g/mol. The van der Waals surface area contributed by atoms with Crippen LogP contribution < -0.4 is 0 Å². The average molecular weight is 426 g/mol. The number of amides is 1. The topological polar surface area (TPSA) is 38.1 Å². The van der Waals surface area contributed by atoms with Crippen molar-refractivity contribution in [3.05, 3.63) is 65.3 Å². The smallest absolute Gasteiger partial charge is 0.223 e. The zero-order valence-corrected chi connectivity index (χ0v) is 18.2. The highest BCUT2D eigenvalue weighted by Crippen LogP contribution is 2.37. The molecule has 1 saturated heterocycles. The highest BCUT2D eigenvalue weighted by Gasteiger charge is 2.30. The Morgan fingerprint density at radius 1 is 1.07 bits per heavy atom. The van der Waals surface area contributed by atoms with Crippen LogP contribution in [0.2, 0.25) is 5.02 Å². The number of carbonyl (C=O) groups is 1. The maximum Gasteiger partial charge on any atom is 0.223 e. The van der Waals surface area contributed by atoms with Crippen molar-refractivity contribution in [3.8, 4) is 11.3 Å². The van der Waals surface area contributed by atoms with Gasteiger partial charge in [0.05, 0.1) is 10.9 Å². The Balaban J connectivity index is 1.61. The van der Waals surface area contributed by atoms with Crippen LogP contribution in [0, 0.1) is 0 Å². The van der Waals surface area contributed by atoms with Crippen LogP contribution in [-0.4, -0.2) is 27.1 Å². The van der Waals surface area contributed by atoms with Crippen LogP contribution in [-0.2, 0) is 11.3 Å². The molecule has 1 unspecified atom stereocenters. The molecule has 150 valence electrons. The van der Waals surface area contributed by atoms with Crippen molar-refractivity contribution in [1.82, 2.24) is 14.7 Å². The minimum Gasteiger partial charge on any atom is -0.336 e. The third kappa shape index (κ3) is 4.21. The summed E-state index contributed by atoms with van der Waals surface area (Å²) in [5.41, 5.74) is 3.27. The van der Waals surface area contributed by atoms with Crippen LogP contribution in [0.1, 0.15) is 38.3 Å². The van der Waals surface area contributed by atoms with Crippen LogP contribution in [0.3, 0.4) is 0 Å². The Hall–Kier alpha value is -2.24. The predicted molar refractivity (Wildman–Crippen MR) is 118 cm³/mol. The average Bonchev–Trinajstić information content (AvgIpc) is 3.32.